The van der Waals surface area contributed by atoms with Crippen molar-refractivity contribution >= 4 is 11.8 Å². The molecule has 0 saturated carbocycles. The molecule has 1 heterocycles. The van der Waals surface area contributed by atoms with Crippen molar-refractivity contribution in [3.63, 3.8) is 0 Å². The molecule has 2 aromatic carbocycles. The molecule has 7 heteroatoms. The number of nitrogens with zero attached hydrogens (tertiary/aromatic N) is 1. The highest BCUT2D eigenvalue weighted by molar-refractivity contribution is 5.84. The fourth-order valence-electron chi connectivity index (χ4n) is 5.90. The van der Waals surface area contributed by atoms with Crippen LogP contribution in [0.3, 0.4) is 0 Å². The first kappa shape index (κ1) is 36.8. The average Bonchev–Trinajstić information content (AvgIpc) is 3.06. The van der Waals surface area contributed by atoms with E-state index in [-0.39, 0.29) is 25.4 Å². The van der Waals surface area contributed by atoms with E-state index < -0.39 is 12.4 Å². The second-order valence-corrected chi connectivity index (χ2v) is 12.3. The fourth-order valence-corrected chi connectivity index (χ4v) is 5.90. The van der Waals surface area contributed by atoms with Crippen LogP contribution < -0.4 is 5.32 Å². The number of carbonyl (C=O) groups excluding carboxylic acids is 1. The highest BCUT2D eigenvalue weighted by Crippen LogP contribution is 2.38. The summed E-state index contributed by atoms with van der Waals surface area (Å²) < 4.78 is 18.4. The molecule has 2 N–H and O–H groups in total. The normalized spacial score (nSPS) is 18.2. The van der Waals surface area contributed by atoms with Crippen LogP contribution in [0.2, 0.25) is 0 Å². The molecule has 1 aliphatic heterocycles. The first-order valence-corrected chi connectivity index (χ1v) is 17.4. The zero-order valence-electron chi connectivity index (χ0n) is 27.9. The molecule has 1 amide bonds. The molecular formula is C38H58N2O5. The third kappa shape index (κ3) is 14.1. The monoisotopic (exact) mass is 622 g/mol. The van der Waals surface area contributed by atoms with E-state index in [0.29, 0.717) is 5.69 Å². The minimum Gasteiger partial charge on any atom is -0.445 e. The molecule has 7 nitrogen and oxygen atoms in total. The first-order chi connectivity index (χ1) is 22.1. The highest BCUT2D eigenvalue weighted by Gasteiger charge is 2.33. The zero-order valence-corrected chi connectivity index (χ0v) is 27.9. The van der Waals surface area contributed by atoms with Crippen LogP contribution in [0.15, 0.2) is 61.2 Å². The summed E-state index contributed by atoms with van der Waals surface area (Å²) in [6.45, 7) is 11.3. The molecule has 1 saturated heterocycles. The third-order valence-electron chi connectivity index (χ3n) is 8.47. The van der Waals surface area contributed by atoms with E-state index in [1.54, 1.807) is 0 Å². The Hall–Kier alpha value is -2.71. The van der Waals surface area contributed by atoms with Crippen molar-refractivity contribution in [2.24, 2.45) is 0 Å². The molecule has 1 fully saturated rings. The Balaban J connectivity index is 1.74. The number of aliphatic hydroxyl groups excluding tert-OH is 1. The molecule has 0 aliphatic carbocycles. The zero-order chi connectivity index (χ0) is 32.1. The summed E-state index contributed by atoms with van der Waals surface area (Å²) in [6, 6.07) is 15.6. The second kappa shape index (κ2) is 21.9. The number of hydrogen-bond acceptors (Lipinski definition) is 6. The number of ether oxygens (including phenoxy) is 3. The van der Waals surface area contributed by atoms with E-state index in [0.717, 1.165) is 42.7 Å². The van der Waals surface area contributed by atoms with Crippen molar-refractivity contribution in [3.05, 3.63) is 77.9 Å². The van der Waals surface area contributed by atoms with E-state index in [9.17, 15) is 9.90 Å². The molecule has 0 spiro atoms. The summed E-state index contributed by atoms with van der Waals surface area (Å²) in [5.74, 6) is 0. The minimum absolute atomic E-state index is 0.0133. The molecular weight excluding hydrogens is 564 g/mol. The first-order valence-electron chi connectivity index (χ1n) is 17.4. The molecule has 0 unspecified atom stereocenters. The lowest BCUT2D eigenvalue weighted by Gasteiger charge is -2.38. The number of rotatable bonds is 22. The van der Waals surface area contributed by atoms with Gasteiger partial charge in [0.05, 0.1) is 18.8 Å². The van der Waals surface area contributed by atoms with E-state index in [1.165, 1.54) is 83.1 Å². The van der Waals surface area contributed by atoms with Gasteiger partial charge in [-0.1, -0.05) is 127 Å². The van der Waals surface area contributed by atoms with E-state index in [2.05, 4.69) is 30.6 Å². The van der Waals surface area contributed by atoms with Gasteiger partial charge in [0.15, 0.2) is 6.29 Å². The number of amides is 1. The smallest absolute Gasteiger partial charge is 0.411 e. The lowest BCUT2D eigenvalue weighted by atomic mass is 9.99. The fraction of sp³-hybridized carbons (Fsp3) is 0.605. The van der Waals surface area contributed by atoms with Crippen LogP contribution in [0.4, 0.5) is 10.5 Å². The largest absolute Gasteiger partial charge is 0.445 e. The molecule has 1 aliphatic rings. The van der Waals surface area contributed by atoms with Gasteiger partial charge in [-0.05, 0) is 49.2 Å². The quantitative estimate of drug-likeness (QED) is 0.101. The Morgan fingerprint density at radius 2 is 1.56 bits per heavy atom. The Morgan fingerprint density at radius 3 is 2.18 bits per heavy atom. The summed E-state index contributed by atoms with van der Waals surface area (Å²) in [7, 11) is 0. The molecule has 0 radical (unpaired) electrons. The lowest BCUT2D eigenvalue weighted by molar-refractivity contribution is -0.253. The number of anilines is 1. The predicted octanol–water partition coefficient (Wildman–Crippen LogP) is 9.48. The lowest BCUT2D eigenvalue weighted by Crippen LogP contribution is -2.40. The minimum atomic E-state index is -0.581. The maximum Gasteiger partial charge on any atom is 0.411 e. The Bertz CT molecular complexity index is 1080. The van der Waals surface area contributed by atoms with Crippen LogP contribution in [-0.4, -0.2) is 48.4 Å². The number of aliphatic hydroxyl groups is 1. The van der Waals surface area contributed by atoms with Gasteiger partial charge in [0.2, 0.25) is 0 Å². The average molecular weight is 623 g/mol. The Kier molecular flexibility index (Phi) is 17.9. The van der Waals surface area contributed by atoms with Crippen molar-refractivity contribution in [1.29, 1.82) is 0 Å². The van der Waals surface area contributed by atoms with E-state index in [4.69, 9.17) is 14.2 Å². The van der Waals surface area contributed by atoms with Crippen molar-refractivity contribution < 1.29 is 24.1 Å². The predicted molar refractivity (Wildman–Crippen MR) is 183 cm³/mol. The van der Waals surface area contributed by atoms with Crippen molar-refractivity contribution in [1.82, 2.24) is 4.90 Å². The van der Waals surface area contributed by atoms with Gasteiger partial charge in [-0.25, -0.2) is 4.79 Å². The number of carbonyl (C=O) groups is 1. The van der Waals surface area contributed by atoms with Crippen LogP contribution in [-0.2, 0) is 20.8 Å². The van der Waals surface area contributed by atoms with Gasteiger partial charge in [0.25, 0.3) is 0 Å². The topological polar surface area (TPSA) is 80.3 Å². The molecule has 2 aromatic rings. The third-order valence-corrected chi connectivity index (χ3v) is 8.47. The van der Waals surface area contributed by atoms with Gasteiger partial charge in [0, 0.05) is 24.2 Å². The van der Waals surface area contributed by atoms with Crippen LogP contribution in [0.1, 0.15) is 126 Å². The summed E-state index contributed by atoms with van der Waals surface area (Å²) in [5, 5.41) is 12.4. The molecule has 0 bridgehead atoms. The van der Waals surface area contributed by atoms with Gasteiger partial charge in [-0.3, -0.25) is 5.32 Å². The summed E-state index contributed by atoms with van der Waals surface area (Å²) in [4.78, 5) is 14.8. The molecule has 45 heavy (non-hydrogen) atoms. The van der Waals surface area contributed by atoms with E-state index in [1.807, 2.05) is 48.5 Å². The van der Waals surface area contributed by atoms with Crippen LogP contribution >= 0.6 is 0 Å². The summed E-state index contributed by atoms with van der Waals surface area (Å²) in [6.07, 6.45) is 16.5. The van der Waals surface area contributed by atoms with Crippen LogP contribution in [0, 0.1) is 0 Å². The number of benzene rings is 2. The van der Waals surface area contributed by atoms with Gasteiger partial charge in [-0.15, -0.1) is 0 Å². The van der Waals surface area contributed by atoms with Gasteiger partial charge in [0.1, 0.15) is 6.61 Å². The Labute approximate surface area is 272 Å². The van der Waals surface area contributed by atoms with Crippen molar-refractivity contribution in [2.45, 2.75) is 122 Å². The number of hydrogen-bond donors (Lipinski definition) is 2. The van der Waals surface area contributed by atoms with Gasteiger partial charge >= 0.3 is 6.09 Å². The standard InChI is InChI=1S/C38H58N2O5/c1-4-7-9-11-13-15-24-40(25-16-14-12-10-8-5-2)29-35-28-36(32-22-20-31(30-41)21-23-32)45-37(44-35)33-18-17-19-34(27-33)39-38(42)43-26-6-3/h6,17-23,27,35-37,41H,3-5,7-16,24-26,28-30H2,1-2H3,(H,39,42)/t35-,36+,37+/m0/s1. The van der Waals surface area contributed by atoms with Crippen LogP contribution in [0.25, 0.3) is 0 Å². The van der Waals surface area contributed by atoms with Crippen molar-refractivity contribution in [3.8, 4) is 0 Å². The van der Waals surface area contributed by atoms with E-state index >= 15 is 0 Å². The molecule has 0 aromatic heterocycles. The second-order valence-electron chi connectivity index (χ2n) is 12.3. The maximum absolute atomic E-state index is 12.2. The molecule has 3 rings (SSSR count). The van der Waals surface area contributed by atoms with Gasteiger partial charge < -0.3 is 24.2 Å². The molecule has 250 valence electrons. The van der Waals surface area contributed by atoms with Gasteiger partial charge in [-0.2, -0.15) is 0 Å². The van der Waals surface area contributed by atoms with Crippen LogP contribution in [0.5, 0.6) is 0 Å². The summed E-state index contributed by atoms with van der Waals surface area (Å²) in [5.41, 5.74) is 3.42. The highest BCUT2D eigenvalue weighted by atomic mass is 16.7. The maximum atomic E-state index is 12.2. The number of unbranched alkanes of at least 4 members (excludes halogenated alkanes) is 10. The van der Waals surface area contributed by atoms with Crippen molar-refractivity contribution in [2.75, 3.05) is 31.6 Å². The SMILES string of the molecule is C=CCOC(=O)Nc1cccc([C@@H]2O[C@H](CN(CCCCCCCC)CCCCCCCC)C[C@H](c3ccc(CO)cc3)O2)c1. The summed E-state index contributed by atoms with van der Waals surface area (Å²) >= 11 is 0. The number of nitrogens with one attached hydrogen (secondary N) is 1. The molecule has 3 atom stereocenters. The Morgan fingerprint density at radius 1 is 0.911 bits per heavy atom.